The Kier molecular flexibility index (Phi) is 5.27. The average Bonchev–Trinajstić information content (AvgIpc) is 2.68. The van der Waals surface area contributed by atoms with E-state index in [1.807, 2.05) is 12.1 Å². The lowest BCUT2D eigenvalue weighted by Crippen LogP contribution is -2.21. The largest absolute Gasteiger partial charge is 0.306 e. The summed E-state index contributed by atoms with van der Waals surface area (Å²) in [5, 5.41) is 4.27. The molecule has 0 saturated carbocycles. The Labute approximate surface area is 133 Å². The highest BCUT2D eigenvalue weighted by atomic mass is 79.9. The van der Waals surface area contributed by atoms with Gasteiger partial charge in [0.2, 0.25) is 0 Å². The number of nitrogens with one attached hydrogen (secondary N) is 1. The van der Waals surface area contributed by atoms with Crippen LogP contribution in [0.2, 0.25) is 5.02 Å². The second-order valence-corrected chi connectivity index (χ2v) is 7.45. The Balaban J connectivity index is 2.43. The van der Waals surface area contributed by atoms with E-state index in [0.717, 1.165) is 19.8 Å². The van der Waals surface area contributed by atoms with Crippen LogP contribution in [0.25, 0.3) is 0 Å². The summed E-state index contributed by atoms with van der Waals surface area (Å²) in [6.07, 6.45) is 0. The summed E-state index contributed by atoms with van der Waals surface area (Å²) in [7, 11) is 0. The summed E-state index contributed by atoms with van der Waals surface area (Å²) in [6, 6.07) is 10.4. The minimum atomic E-state index is 0.166. The molecule has 2 aromatic rings. The van der Waals surface area contributed by atoms with Crippen molar-refractivity contribution in [1.82, 2.24) is 5.32 Å². The minimum Gasteiger partial charge on any atom is -0.306 e. The molecule has 0 saturated heterocycles. The molecular weight excluding hydrogens is 397 g/mol. The molecule has 0 aliphatic carbocycles. The zero-order chi connectivity index (χ0) is 13.1. The molecule has 1 aromatic heterocycles. The van der Waals surface area contributed by atoms with Gasteiger partial charge >= 0.3 is 0 Å². The highest BCUT2D eigenvalue weighted by Gasteiger charge is 2.18. The highest BCUT2D eigenvalue weighted by molar-refractivity contribution is 9.11. The van der Waals surface area contributed by atoms with Crippen molar-refractivity contribution in [2.45, 2.75) is 13.0 Å². The van der Waals surface area contributed by atoms with Crippen LogP contribution >= 0.6 is 54.8 Å². The second kappa shape index (κ2) is 6.53. The molecule has 96 valence electrons. The topological polar surface area (TPSA) is 12.0 Å². The van der Waals surface area contributed by atoms with Crippen molar-refractivity contribution in [3.63, 3.8) is 0 Å². The Morgan fingerprint density at radius 1 is 1.33 bits per heavy atom. The molecule has 0 aliphatic rings. The van der Waals surface area contributed by atoms with Crippen LogP contribution in [0.3, 0.4) is 0 Å². The first kappa shape index (κ1) is 14.5. The summed E-state index contributed by atoms with van der Waals surface area (Å²) in [5.74, 6) is 0. The molecule has 0 bridgehead atoms. The molecule has 1 unspecified atom stereocenters. The third-order valence-electron chi connectivity index (χ3n) is 2.57. The molecule has 0 amide bonds. The van der Waals surface area contributed by atoms with Gasteiger partial charge in [0.15, 0.2) is 0 Å². The zero-order valence-electron chi connectivity index (χ0n) is 9.71. The first-order chi connectivity index (χ1) is 8.63. The first-order valence-corrected chi connectivity index (χ1v) is 8.34. The van der Waals surface area contributed by atoms with E-state index in [1.54, 1.807) is 11.3 Å². The van der Waals surface area contributed by atoms with Crippen molar-refractivity contribution in [1.29, 1.82) is 0 Å². The summed E-state index contributed by atoms with van der Waals surface area (Å²) in [6.45, 7) is 3.01. The summed E-state index contributed by atoms with van der Waals surface area (Å²) >= 11 is 14.9. The van der Waals surface area contributed by atoms with E-state index in [9.17, 15) is 0 Å². The quantitative estimate of drug-likeness (QED) is 0.690. The van der Waals surface area contributed by atoms with Gasteiger partial charge in [-0.05, 0) is 40.2 Å². The molecule has 1 nitrogen and oxygen atoms in total. The van der Waals surface area contributed by atoms with Crippen LogP contribution in [0.15, 0.2) is 38.6 Å². The fraction of sp³-hybridized carbons (Fsp3) is 0.231. The fourth-order valence-electron chi connectivity index (χ4n) is 1.78. The summed E-state index contributed by atoms with van der Waals surface area (Å²) in [4.78, 5) is 1.21. The van der Waals surface area contributed by atoms with Crippen LogP contribution in [0.1, 0.15) is 23.4 Å². The number of hydrogen-bond donors (Lipinski definition) is 1. The van der Waals surface area contributed by atoms with E-state index in [2.05, 4.69) is 62.3 Å². The molecule has 0 aliphatic heterocycles. The van der Waals surface area contributed by atoms with E-state index in [1.165, 1.54) is 10.4 Å². The third kappa shape index (κ3) is 3.17. The fourth-order valence-corrected chi connectivity index (χ4v) is 4.14. The number of halogens is 3. The van der Waals surface area contributed by atoms with E-state index in [4.69, 9.17) is 11.6 Å². The molecule has 0 radical (unpaired) electrons. The maximum atomic E-state index is 6.12. The van der Waals surface area contributed by atoms with Crippen molar-refractivity contribution in [3.8, 4) is 0 Å². The van der Waals surface area contributed by atoms with Gasteiger partial charge in [0.1, 0.15) is 0 Å². The van der Waals surface area contributed by atoms with Gasteiger partial charge in [-0.3, -0.25) is 0 Å². The Hall–Kier alpha value is 0.130. The molecular formula is C13H12Br2ClNS. The van der Waals surface area contributed by atoms with Crippen LogP contribution in [0.5, 0.6) is 0 Å². The third-order valence-corrected chi connectivity index (χ3v) is 5.83. The Morgan fingerprint density at radius 2 is 2.06 bits per heavy atom. The SMILES string of the molecule is CCNC(c1cc(Cl)c(Br)s1)c1ccccc1Br. The summed E-state index contributed by atoms with van der Waals surface area (Å²) < 4.78 is 2.09. The van der Waals surface area contributed by atoms with E-state index >= 15 is 0 Å². The normalized spacial score (nSPS) is 12.7. The predicted molar refractivity (Wildman–Crippen MR) is 86.7 cm³/mol. The maximum absolute atomic E-state index is 6.12. The number of hydrogen-bond acceptors (Lipinski definition) is 2. The molecule has 0 fully saturated rings. The van der Waals surface area contributed by atoms with Crippen LogP contribution in [0, 0.1) is 0 Å². The smallest absolute Gasteiger partial charge is 0.0888 e. The van der Waals surface area contributed by atoms with Gasteiger partial charge in [0, 0.05) is 9.35 Å². The van der Waals surface area contributed by atoms with Gasteiger partial charge in [-0.25, -0.2) is 0 Å². The van der Waals surface area contributed by atoms with Gasteiger partial charge in [-0.2, -0.15) is 0 Å². The molecule has 18 heavy (non-hydrogen) atoms. The van der Waals surface area contributed by atoms with Crippen LogP contribution in [-0.4, -0.2) is 6.54 Å². The van der Waals surface area contributed by atoms with Crippen molar-refractivity contribution in [2.75, 3.05) is 6.54 Å². The maximum Gasteiger partial charge on any atom is 0.0888 e. The number of thiophene rings is 1. The standard InChI is InChI=1S/C13H12Br2ClNS/c1-2-17-12(8-5-3-4-6-9(8)14)11-7-10(16)13(15)18-11/h3-7,12,17H,2H2,1H3. The Morgan fingerprint density at radius 3 is 2.61 bits per heavy atom. The van der Waals surface area contributed by atoms with Gasteiger partial charge < -0.3 is 5.32 Å². The van der Waals surface area contributed by atoms with Crippen molar-refractivity contribution < 1.29 is 0 Å². The van der Waals surface area contributed by atoms with Gasteiger partial charge in [-0.1, -0.05) is 52.7 Å². The van der Waals surface area contributed by atoms with Crippen LogP contribution in [-0.2, 0) is 0 Å². The molecule has 2 rings (SSSR count). The zero-order valence-corrected chi connectivity index (χ0v) is 14.5. The molecule has 0 spiro atoms. The van der Waals surface area contributed by atoms with E-state index < -0.39 is 0 Å². The number of rotatable bonds is 4. The molecule has 1 N–H and O–H groups in total. The molecule has 1 aromatic carbocycles. The van der Waals surface area contributed by atoms with Crippen molar-refractivity contribution in [2.24, 2.45) is 0 Å². The van der Waals surface area contributed by atoms with Crippen molar-refractivity contribution in [3.05, 3.63) is 54.1 Å². The monoisotopic (exact) mass is 407 g/mol. The van der Waals surface area contributed by atoms with Gasteiger partial charge in [0.25, 0.3) is 0 Å². The van der Waals surface area contributed by atoms with Crippen molar-refractivity contribution >= 4 is 54.8 Å². The van der Waals surface area contributed by atoms with E-state index in [-0.39, 0.29) is 6.04 Å². The Bertz CT molecular complexity index is 522. The first-order valence-electron chi connectivity index (χ1n) is 5.56. The summed E-state index contributed by atoms with van der Waals surface area (Å²) in [5.41, 5.74) is 1.23. The minimum absolute atomic E-state index is 0.166. The molecule has 1 heterocycles. The number of benzene rings is 1. The lowest BCUT2D eigenvalue weighted by molar-refractivity contribution is 0.637. The highest BCUT2D eigenvalue weighted by Crippen LogP contribution is 2.38. The molecule has 1 atom stereocenters. The second-order valence-electron chi connectivity index (χ2n) is 3.78. The van der Waals surface area contributed by atoms with Crippen LogP contribution < -0.4 is 5.32 Å². The lowest BCUT2D eigenvalue weighted by Gasteiger charge is -2.18. The predicted octanol–water partition coefficient (Wildman–Crippen LogP) is 5.63. The average molecular weight is 410 g/mol. The lowest BCUT2D eigenvalue weighted by atomic mass is 10.1. The van der Waals surface area contributed by atoms with Gasteiger partial charge in [-0.15, -0.1) is 11.3 Å². The van der Waals surface area contributed by atoms with Gasteiger partial charge in [0.05, 0.1) is 14.9 Å². The molecule has 5 heteroatoms. The van der Waals surface area contributed by atoms with Crippen LogP contribution in [0.4, 0.5) is 0 Å². The van der Waals surface area contributed by atoms with E-state index in [0.29, 0.717) is 0 Å².